The summed E-state index contributed by atoms with van der Waals surface area (Å²) in [5.74, 6) is -1.11. The first-order valence-corrected chi connectivity index (χ1v) is 7.56. The van der Waals surface area contributed by atoms with Crippen molar-refractivity contribution in [3.8, 4) is 11.6 Å². The van der Waals surface area contributed by atoms with E-state index in [1.54, 1.807) is 23.7 Å². The zero-order valence-electron chi connectivity index (χ0n) is 13.7. The van der Waals surface area contributed by atoms with Gasteiger partial charge in [0.2, 0.25) is 5.88 Å². The Morgan fingerprint density at radius 2 is 1.83 bits per heavy atom. The summed E-state index contributed by atoms with van der Waals surface area (Å²) in [5, 5.41) is 4.39. The van der Waals surface area contributed by atoms with Crippen LogP contribution in [-0.2, 0) is 0 Å². The number of ether oxygens (including phenoxy) is 1. The average Bonchev–Trinajstić information content (AvgIpc) is 2.88. The minimum absolute atomic E-state index is 0.108. The van der Waals surface area contributed by atoms with Crippen molar-refractivity contribution in [2.45, 2.75) is 20.8 Å². The normalized spacial score (nSPS) is 10.7. The number of esters is 1. The summed E-state index contributed by atoms with van der Waals surface area (Å²) in [6.07, 6.45) is 0. The molecule has 0 N–H and O–H groups in total. The number of hydrogen-bond donors (Lipinski definition) is 0. The predicted molar refractivity (Wildman–Crippen MR) is 89.1 cm³/mol. The first-order chi connectivity index (χ1) is 11.5. The zero-order valence-corrected chi connectivity index (χ0v) is 13.7. The molecule has 1 aromatic heterocycles. The second kappa shape index (κ2) is 6.28. The number of rotatable bonds is 3. The third-order valence-electron chi connectivity index (χ3n) is 3.67. The third kappa shape index (κ3) is 3.06. The molecule has 2 aromatic carbocycles. The Morgan fingerprint density at radius 3 is 2.54 bits per heavy atom. The van der Waals surface area contributed by atoms with Gasteiger partial charge < -0.3 is 4.74 Å². The molecule has 0 fully saturated rings. The van der Waals surface area contributed by atoms with Crippen LogP contribution in [0.2, 0.25) is 0 Å². The number of carbonyl (C=O) groups excluding carboxylic acids is 1. The first-order valence-electron chi connectivity index (χ1n) is 7.56. The molecule has 24 heavy (non-hydrogen) atoms. The number of carbonyl (C=O) groups is 1. The molecule has 0 aliphatic rings. The molecule has 0 bridgehead atoms. The number of aromatic nitrogens is 2. The van der Waals surface area contributed by atoms with Gasteiger partial charge in [-0.15, -0.1) is 0 Å². The fraction of sp³-hybridized carbons (Fsp3) is 0.158. The Bertz CT molecular complexity index is 915. The molecule has 0 radical (unpaired) electrons. The molecule has 1 heterocycles. The lowest BCUT2D eigenvalue weighted by atomic mass is 10.1. The predicted octanol–water partition coefficient (Wildman–Crippen LogP) is 4.16. The SMILES string of the molecule is Cc1ccc(-n2nc(C)cc2OC(=O)c2ccccc2F)c(C)c1. The third-order valence-corrected chi connectivity index (χ3v) is 3.67. The van der Waals surface area contributed by atoms with Crippen molar-refractivity contribution in [1.29, 1.82) is 0 Å². The highest BCUT2D eigenvalue weighted by atomic mass is 19.1. The lowest BCUT2D eigenvalue weighted by molar-refractivity contribution is 0.0718. The van der Waals surface area contributed by atoms with Crippen LogP contribution in [0.3, 0.4) is 0 Å². The molecule has 3 aromatic rings. The summed E-state index contributed by atoms with van der Waals surface area (Å²) in [7, 11) is 0. The maximum Gasteiger partial charge on any atom is 0.347 e. The molecule has 0 saturated heterocycles. The minimum atomic E-state index is -0.751. The maximum atomic E-state index is 13.8. The van der Waals surface area contributed by atoms with Gasteiger partial charge in [0.1, 0.15) is 5.82 Å². The maximum absolute atomic E-state index is 13.8. The van der Waals surface area contributed by atoms with Crippen LogP contribution < -0.4 is 4.74 Å². The van der Waals surface area contributed by atoms with Crippen molar-refractivity contribution in [3.63, 3.8) is 0 Å². The highest BCUT2D eigenvalue weighted by molar-refractivity contribution is 5.91. The molecule has 0 unspecified atom stereocenters. The van der Waals surface area contributed by atoms with Crippen molar-refractivity contribution < 1.29 is 13.9 Å². The standard InChI is InChI=1S/C19H17FN2O2/c1-12-8-9-17(13(2)10-12)22-18(11-14(3)21-22)24-19(23)15-6-4-5-7-16(15)20/h4-11H,1-3H3. The highest BCUT2D eigenvalue weighted by Crippen LogP contribution is 2.24. The van der Waals surface area contributed by atoms with Crippen LogP contribution in [0.5, 0.6) is 5.88 Å². The van der Waals surface area contributed by atoms with Crippen LogP contribution in [0.15, 0.2) is 48.5 Å². The number of halogens is 1. The topological polar surface area (TPSA) is 44.1 Å². The van der Waals surface area contributed by atoms with Crippen molar-refractivity contribution in [2.24, 2.45) is 0 Å². The summed E-state index contributed by atoms with van der Waals surface area (Å²) in [6.45, 7) is 5.77. The number of aryl methyl sites for hydroxylation is 3. The molecule has 0 atom stereocenters. The summed E-state index contributed by atoms with van der Waals surface area (Å²) in [5.41, 5.74) is 3.53. The van der Waals surface area contributed by atoms with E-state index in [0.717, 1.165) is 16.8 Å². The van der Waals surface area contributed by atoms with E-state index in [2.05, 4.69) is 5.10 Å². The quantitative estimate of drug-likeness (QED) is 0.680. The van der Waals surface area contributed by atoms with Gasteiger partial charge >= 0.3 is 5.97 Å². The van der Waals surface area contributed by atoms with E-state index in [1.165, 1.54) is 18.2 Å². The summed E-state index contributed by atoms with van der Waals surface area (Å²) in [4.78, 5) is 12.3. The van der Waals surface area contributed by atoms with Crippen LogP contribution in [0.25, 0.3) is 5.69 Å². The van der Waals surface area contributed by atoms with Gasteiger partial charge in [0, 0.05) is 6.07 Å². The summed E-state index contributed by atoms with van der Waals surface area (Å²) >= 11 is 0. The van der Waals surface area contributed by atoms with E-state index in [4.69, 9.17) is 4.74 Å². The number of benzene rings is 2. The van der Waals surface area contributed by atoms with E-state index in [-0.39, 0.29) is 11.4 Å². The summed E-state index contributed by atoms with van der Waals surface area (Å²) in [6, 6.07) is 13.3. The van der Waals surface area contributed by atoms with Crippen molar-refractivity contribution in [3.05, 3.63) is 76.7 Å². The Hall–Kier alpha value is -2.95. The van der Waals surface area contributed by atoms with Crippen LogP contribution >= 0.6 is 0 Å². The number of hydrogen-bond acceptors (Lipinski definition) is 3. The molecule has 0 aliphatic heterocycles. The Balaban J connectivity index is 1.98. The highest BCUT2D eigenvalue weighted by Gasteiger charge is 2.18. The van der Waals surface area contributed by atoms with Gasteiger partial charge in [-0.2, -0.15) is 5.10 Å². The van der Waals surface area contributed by atoms with Crippen LogP contribution in [-0.4, -0.2) is 15.7 Å². The fourth-order valence-corrected chi connectivity index (χ4v) is 2.54. The molecule has 3 rings (SSSR count). The number of nitrogens with zero attached hydrogens (tertiary/aromatic N) is 2. The summed E-state index contributed by atoms with van der Waals surface area (Å²) < 4.78 is 20.7. The van der Waals surface area contributed by atoms with Crippen molar-refractivity contribution in [1.82, 2.24) is 9.78 Å². The van der Waals surface area contributed by atoms with Gasteiger partial charge in [-0.1, -0.05) is 29.8 Å². The van der Waals surface area contributed by atoms with Crippen molar-refractivity contribution in [2.75, 3.05) is 0 Å². The average molecular weight is 324 g/mol. The van der Waals surface area contributed by atoms with E-state index in [9.17, 15) is 9.18 Å². The Kier molecular flexibility index (Phi) is 4.16. The Labute approximate surface area is 139 Å². The van der Waals surface area contributed by atoms with E-state index < -0.39 is 11.8 Å². The molecule has 0 saturated carbocycles. The zero-order chi connectivity index (χ0) is 17.3. The Morgan fingerprint density at radius 1 is 1.08 bits per heavy atom. The van der Waals surface area contributed by atoms with Gasteiger partial charge in [-0.3, -0.25) is 0 Å². The largest absolute Gasteiger partial charge is 0.404 e. The molecule has 4 nitrogen and oxygen atoms in total. The smallest absolute Gasteiger partial charge is 0.347 e. The van der Waals surface area contributed by atoms with E-state index in [1.807, 2.05) is 32.0 Å². The van der Waals surface area contributed by atoms with Gasteiger partial charge in [0.05, 0.1) is 16.9 Å². The van der Waals surface area contributed by atoms with Crippen LogP contribution in [0, 0.1) is 26.6 Å². The molecule has 0 amide bonds. The molecule has 5 heteroatoms. The molecular formula is C19H17FN2O2. The minimum Gasteiger partial charge on any atom is -0.404 e. The van der Waals surface area contributed by atoms with Crippen molar-refractivity contribution >= 4 is 5.97 Å². The lowest BCUT2D eigenvalue weighted by Gasteiger charge is -2.11. The van der Waals surface area contributed by atoms with Crippen LogP contribution in [0.4, 0.5) is 4.39 Å². The van der Waals surface area contributed by atoms with E-state index >= 15 is 0 Å². The van der Waals surface area contributed by atoms with Gasteiger partial charge in [0.15, 0.2) is 0 Å². The van der Waals surface area contributed by atoms with Gasteiger partial charge in [-0.05, 0) is 44.5 Å². The second-order valence-electron chi connectivity index (χ2n) is 5.70. The lowest BCUT2D eigenvalue weighted by Crippen LogP contribution is -2.13. The second-order valence-corrected chi connectivity index (χ2v) is 5.70. The monoisotopic (exact) mass is 324 g/mol. The first kappa shape index (κ1) is 15.9. The molecular weight excluding hydrogens is 307 g/mol. The fourth-order valence-electron chi connectivity index (χ4n) is 2.54. The molecule has 0 spiro atoms. The molecule has 122 valence electrons. The molecule has 0 aliphatic carbocycles. The van der Waals surface area contributed by atoms with Crippen LogP contribution in [0.1, 0.15) is 27.2 Å². The van der Waals surface area contributed by atoms with Gasteiger partial charge in [-0.25, -0.2) is 13.9 Å². The van der Waals surface area contributed by atoms with Gasteiger partial charge in [0.25, 0.3) is 0 Å². The van der Waals surface area contributed by atoms with E-state index in [0.29, 0.717) is 5.69 Å².